The van der Waals surface area contributed by atoms with Crippen LogP contribution in [0.15, 0.2) is 42.5 Å². The summed E-state index contributed by atoms with van der Waals surface area (Å²) in [4.78, 5) is 26.3. The van der Waals surface area contributed by atoms with E-state index in [-0.39, 0.29) is 24.1 Å². The molecule has 0 aliphatic carbocycles. The summed E-state index contributed by atoms with van der Waals surface area (Å²) in [6, 6.07) is 10.4. The number of methoxy groups -OCH3 is 1. The second-order valence-electron chi connectivity index (χ2n) is 7.69. The summed E-state index contributed by atoms with van der Waals surface area (Å²) in [6.45, 7) is 2.42. The Kier molecular flexibility index (Phi) is 7.15. The molecule has 2 atom stereocenters. The molecule has 0 unspecified atom stereocenters. The number of benzene rings is 2. The van der Waals surface area contributed by atoms with Crippen LogP contribution in [0, 0.1) is 18.6 Å². The Balaban J connectivity index is 1.60. The maximum absolute atomic E-state index is 14.0. The minimum absolute atomic E-state index is 0.0547. The Hall–Kier alpha value is -2.80. The summed E-state index contributed by atoms with van der Waals surface area (Å²) in [5.41, 5.74) is 2.41. The quantitative estimate of drug-likeness (QED) is 0.705. The number of nitrogens with zero attached hydrogens (tertiary/aromatic N) is 1. The van der Waals surface area contributed by atoms with E-state index in [9.17, 15) is 18.4 Å². The third kappa shape index (κ3) is 5.63. The van der Waals surface area contributed by atoms with Crippen LogP contribution in [0.5, 0.6) is 0 Å². The molecule has 0 spiro atoms. The molecule has 5 nitrogen and oxygen atoms in total. The van der Waals surface area contributed by atoms with E-state index in [0.717, 1.165) is 29.3 Å². The highest BCUT2D eigenvalue weighted by Gasteiger charge is 2.38. The number of halogens is 2. The third-order valence-electron chi connectivity index (χ3n) is 5.38. The van der Waals surface area contributed by atoms with Crippen molar-refractivity contribution in [3.8, 4) is 0 Å². The lowest BCUT2D eigenvalue weighted by Crippen LogP contribution is -2.38. The Bertz CT molecular complexity index is 902. The van der Waals surface area contributed by atoms with Gasteiger partial charge in [-0.15, -0.1) is 0 Å². The van der Waals surface area contributed by atoms with Gasteiger partial charge in [-0.25, -0.2) is 8.78 Å². The molecule has 0 aromatic heterocycles. The predicted molar refractivity (Wildman–Crippen MR) is 109 cm³/mol. The zero-order valence-corrected chi connectivity index (χ0v) is 17.2. The zero-order chi connectivity index (χ0) is 21.7. The number of aryl methyl sites for hydroxylation is 2. The van der Waals surface area contributed by atoms with E-state index in [0.29, 0.717) is 25.8 Å². The Labute approximate surface area is 175 Å². The van der Waals surface area contributed by atoms with Crippen LogP contribution in [0.3, 0.4) is 0 Å². The fourth-order valence-corrected chi connectivity index (χ4v) is 3.76. The summed E-state index contributed by atoms with van der Waals surface area (Å²) in [7, 11) is 1.29. The van der Waals surface area contributed by atoms with E-state index in [4.69, 9.17) is 4.74 Å². The Morgan fingerprint density at radius 2 is 1.90 bits per heavy atom. The van der Waals surface area contributed by atoms with E-state index in [1.165, 1.54) is 7.11 Å². The summed E-state index contributed by atoms with van der Waals surface area (Å²) >= 11 is 0. The Morgan fingerprint density at radius 1 is 1.17 bits per heavy atom. The SMILES string of the molecule is COC(=O)[C@@H]1C[C@@H](NC(=O)CCc2ccc(C)cc2)CN1Cc1cc(F)ccc1F. The van der Waals surface area contributed by atoms with Gasteiger partial charge in [0.25, 0.3) is 0 Å². The fraction of sp³-hybridized carbons (Fsp3) is 0.391. The number of hydrogen-bond donors (Lipinski definition) is 1. The summed E-state index contributed by atoms with van der Waals surface area (Å²) in [5.74, 6) is -1.64. The molecule has 0 radical (unpaired) electrons. The van der Waals surface area contributed by atoms with Crippen molar-refractivity contribution in [2.75, 3.05) is 13.7 Å². The average Bonchev–Trinajstić information content (AvgIpc) is 3.11. The first kappa shape index (κ1) is 21.9. The highest BCUT2D eigenvalue weighted by atomic mass is 19.1. The molecule has 30 heavy (non-hydrogen) atoms. The second-order valence-corrected chi connectivity index (χ2v) is 7.69. The molecule has 0 bridgehead atoms. The van der Waals surface area contributed by atoms with Gasteiger partial charge >= 0.3 is 5.97 Å². The minimum Gasteiger partial charge on any atom is -0.468 e. The van der Waals surface area contributed by atoms with Crippen molar-refractivity contribution >= 4 is 11.9 Å². The smallest absolute Gasteiger partial charge is 0.323 e. The molecule has 2 aromatic carbocycles. The normalized spacial score (nSPS) is 18.9. The first-order valence-corrected chi connectivity index (χ1v) is 9.96. The van der Waals surface area contributed by atoms with Gasteiger partial charge in [0.15, 0.2) is 0 Å². The van der Waals surface area contributed by atoms with Crippen molar-refractivity contribution in [1.29, 1.82) is 0 Å². The number of hydrogen-bond acceptors (Lipinski definition) is 4. The first-order valence-electron chi connectivity index (χ1n) is 9.96. The molecule has 2 aromatic rings. The third-order valence-corrected chi connectivity index (χ3v) is 5.38. The number of likely N-dealkylation sites (tertiary alicyclic amines) is 1. The molecular formula is C23H26F2N2O3. The molecule has 1 fully saturated rings. The molecule has 160 valence electrons. The minimum atomic E-state index is -0.625. The van der Waals surface area contributed by atoms with Crippen LogP contribution in [0.1, 0.15) is 29.5 Å². The molecule has 0 saturated carbocycles. The van der Waals surface area contributed by atoms with Crippen molar-refractivity contribution < 1.29 is 23.1 Å². The van der Waals surface area contributed by atoms with Gasteiger partial charge in [-0.3, -0.25) is 14.5 Å². The van der Waals surface area contributed by atoms with Crippen LogP contribution in [-0.2, 0) is 27.3 Å². The van der Waals surface area contributed by atoms with E-state index in [1.807, 2.05) is 31.2 Å². The van der Waals surface area contributed by atoms with Gasteiger partial charge in [0, 0.05) is 31.1 Å². The number of amides is 1. The molecule has 1 aliphatic heterocycles. The monoisotopic (exact) mass is 416 g/mol. The number of carbonyl (C=O) groups is 2. The zero-order valence-electron chi connectivity index (χ0n) is 17.2. The number of nitrogens with one attached hydrogen (secondary N) is 1. The molecule has 3 rings (SSSR count). The van der Waals surface area contributed by atoms with Crippen molar-refractivity contribution in [2.24, 2.45) is 0 Å². The van der Waals surface area contributed by atoms with Gasteiger partial charge in [0.2, 0.25) is 5.91 Å². The maximum atomic E-state index is 14.0. The van der Waals surface area contributed by atoms with Crippen molar-refractivity contribution in [3.63, 3.8) is 0 Å². The number of rotatable bonds is 7. The van der Waals surface area contributed by atoms with E-state index in [2.05, 4.69) is 5.32 Å². The van der Waals surface area contributed by atoms with Crippen molar-refractivity contribution in [1.82, 2.24) is 10.2 Å². The van der Waals surface area contributed by atoms with Crippen LogP contribution in [0.2, 0.25) is 0 Å². The van der Waals surface area contributed by atoms with Gasteiger partial charge in [-0.05, 0) is 43.5 Å². The summed E-state index contributed by atoms with van der Waals surface area (Å²) in [6.07, 6.45) is 1.32. The highest BCUT2D eigenvalue weighted by Crippen LogP contribution is 2.23. The Morgan fingerprint density at radius 3 is 2.60 bits per heavy atom. The number of carbonyl (C=O) groups excluding carboxylic acids is 2. The number of ether oxygens (including phenoxy) is 1. The van der Waals surface area contributed by atoms with Crippen LogP contribution in [0.25, 0.3) is 0 Å². The van der Waals surface area contributed by atoms with Crippen LogP contribution in [0.4, 0.5) is 8.78 Å². The molecule has 7 heteroatoms. The topological polar surface area (TPSA) is 58.6 Å². The van der Waals surface area contributed by atoms with E-state index < -0.39 is 23.6 Å². The van der Waals surface area contributed by atoms with Gasteiger partial charge in [-0.2, -0.15) is 0 Å². The molecular weight excluding hydrogens is 390 g/mol. The molecule has 1 N–H and O–H groups in total. The molecule has 1 amide bonds. The largest absolute Gasteiger partial charge is 0.468 e. The van der Waals surface area contributed by atoms with Crippen molar-refractivity contribution in [2.45, 2.75) is 44.8 Å². The van der Waals surface area contributed by atoms with Gasteiger partial charge in [0.1, 0.15) is 17.7 Å². The van der Waals surface area contributed by atoms with Crippen molar-refractivity contribution in [3.05, 3.63) is 70.8 Å². The van der Waals surface area contributed by atoms with Crippen LogP contribution < -0.4 is 5.32 Å². The lowest BCUT2D eigenvalue weighted by molar-refractivity contribution is -0.146. The van der Waals surface area contributed by atoms with Gasteiger partial charge < -0.3 is 10.1 Å². The van der Waals surface area contributed by atoms with Crippen LogP contribution >= 0.6 is 0 Å². The van der Waals surface area contributed by atoms with E-state index >= 15 is 0 Å². The standard InChI is InChI=1S/C23H26F2N2O3/c1-15-3-5-16(6-4-15)7-10-22(28)26-19-12-21(23(29)30-2)27(14-19)13-17-11-18(24)8-9-20(17)25/h3-6,8-9,11,19,21H,7,10,12-14H2,1-2H3,(H,26,28)/t19-,21+/m1/s1. The van der Waals surface area contributed by atoms with Gasteiger partial charge in [-0.1, -0.05) is 29.8 Å². The summed E-state index contributed by atoms with van der Waals surface area (Å²) in [5, 5.41) is 2.95. The molecule has 1 aliphatic rings. The van der Waals surface area contributed by atoms with Crippen LogP contribution in [-0.4, -0.2) is 42.5 Å². The lowest BCUT2D eigenvalue weighted by Gasteiger charge is -2.22. The summed E-state index contributed by atoms with van der Waals surface area (Å²) < 4.78 is 32.4. The van der Waals surface area contributed by atoms with Gasteiger partial charge in [0.05, 0.1) is 7.11 Å². The number of esters is 1. The second kappa shape index (κ2) is 9.80. The maximum Gasteiger partial charge on any atom is 0.323 e. The van der Waals surface area contributed by atoms with E-state index in [1.54, 1.807) is 4.90 Å². The predicted octanol–water partition coefficient (Wildman–Crippen LogP) is 3.14. The molecule has 1 saturated heterocycles. The first-order chi connectivity index (χ1) is 14.4. The fourth-order valence-electron chi connectivity index (χ4n) is 3.76. The highest BCUT2D eigenvalue weighted by molar-refractivity contribution is 5.78. The lowest BCUT2D eigenvalue weighted by atomic mass is 10.1. The average molecular weight is 416 g/mol. The molecule has 1 heterocycles.